The van der Waals surface area contributed by atoms with Gasteiger partial charge in [0.1, 0.15) is 17.9 Å². The zero-order valence-corrected chi connectivity index (χ0v) is 18.9. The molecule has 2 heterocycles. The van der Waals surface area contributed by atoms with Crippen molar-refractivity contribution in [1.29, 1.82) is 0 Å². The second-order valence-corrected chi connectivity index (χ2v) is 8.80. The fourth-order valence-corrected chi connectivity index (χ4v) is 3.98. The van der Waals surface area contributed by atoms with Crippen LogP contribution in [0.15, 0.2) is 53.1 Å². The summed E-state index contributed by atoms with van der Waals surface area (Å²) in [5.74, 6) is 0.0824. The number of halogens is 1. The first-order chi connectivity index (χ1) is 15.8. The first kappa shape index (κ1) is 22.6. The molecule has 0 bridgehead atoms. The first-order valence-corrected chi connectivity index (χ1v) is 11.1. The van der Waals surface area contributed by atoms with Crippen LogP contribution in [0.2, 0.25) is 0 Å². The normalized spacial score (nSPS) is 16.4. The highest BCUT2D eigenvalue weighted by Crippen LogP contribution is 2.26. The Morgan fingerprint density at radius 3 is 2.52 bits per heavy atom. The minimum absolute atomic E-state index is 0.0382. The summed E-state index contributed by atoms with van der Waals surface area (Å²) in [5, 5.41) is 6.86. The Morgan fingerprint density at radius 2 is 1.82 bits per heavy atom. The number of rotatable bonds is 6. The van der Waals surface area contributed by atoms with E-state index in [2.05, 4.69) is 15.5 Å². The molecule has 8 heteroatoms. The van der Waals surface area contributed by atoms with Gasteiger partial charge in [0.25, 0.3) is 0 Å². The van der Waals surface area contributed by atoms with Crippen LogP contribution in [0, 0.1) is 11.7 Å². The largest absolute Gasteiger partial charge is 0.343 e. The number of carbonyl (C=O) groups is 2. The molecule has 2 unspecified atom stereocenters. The third-order valence-corrected chi connectivity index (χ3v) is 5.73. The van der Waals surface area contributed by atoms with E-state index in [1.54, 1.807) is 24.0 Å². The summed E-state index contributed by atoms with van der Waals surface area (Å²) < 4.78 is 18.5. The molecule has 1 aromatic heterocycles. The van der Waals surface area contributed by atoms with Gasteiger partial charge >= 0.3 is 0 Å². The standard InChI is InChI=1S/C25H27FN4O3/c1-15(2)12-22(31)30-14-19-7-5-4-6-18(19)13-21(30)24(32)27-16(3)25-28-23(29-33-25)17-8-10-20(26)11-9-17/h4-11,15-16,21H,12-14H2,1-3H3,(H,27,32). The van der Waals surface area contributed by atoms with Gasteiger partial charge in [0.15, 0.2) is 0 Å². The number of amides is 2. The van der Waals surface area contributed by atoms with Crippen molar-refractivity contribution in [2.75, 3.05) is 0 Å². The second-order valence-electron chi connectivity index (χ2n) is 8.80. The maximum atomic E-state index is 13.3. The Hall–Kier alpha value is -3.55. The lowest BCUT2D eigenvalue weighted by Crippen LogP contribution is -2.53. The third kappa shape index (κ3) is 5.10. The molecule has 172 valence electrons. The number of hydrogen-bond donors (Lipinski definition) is 1. The van der Waals surface area contributed by atoms with Crippen molar-refractivity contribution in [3.8, 4) is 11.4 Å². The number of nitrogens with zero attached hydrogens (tertiary/aromatic N) is 3. The molecule has 0 saturated carbocycles. The summed E-state index contributed by atoms with van der Waals surface area (Å²) in [4.78, 5) is 32.2. The van der Waals surface area contributed by atoms with Crippen LogP contribution in [0.5, 0.6) is 0 Å². The van der Waals surface area contributed by atoms with Crippen molar-refractivity contribution in [2.45, 2.75) is 52.2 Å². The monoisotopic (exact) mass is 450 g/mol. The van der Waals surface area contributed by atoms with Crippen LogP contribution < -0.4 is 5.32 Å². The number of nitrogens with one attached hydrogen (secondary N) is 1. The van der Waals surface area contributed by atoms with Crippen molar-refractivity contribution in [3.05, 3.63) is 71.4 Å². The predicted molar refractivity (Wildman–Crippen MR) is 120 cm³/mol. The van der Waals surface area contributed by atoms with E-state index in [9.17, 15) is 14.0 Å². The fraction of sp³-hybridized carbons (Fsp3) is 0.360. The molecule has 2 amide bonds. The van der Waals surface area contributed by atoms with Crippen LogP contribution in [0.25, 0.3) is 11.4 Å². The molecular formula is C25H27FN4O3. The number of fused-ring (bicyclic) bond motifs is 1. The Labute approximate surface area is 192 Å². The van der Waals surface area contributed by atoms with Gasteiger partial charge in [0.05, 0.1) is 0 Å². The van der Waals surface area contributed by atoms with Gasteiger partial charge in [-0.05, 0) is 48.2 Å². The molecule has 0 aliphatic carbocycles. The topological polar surface area (TPSA) is 88.3 Å². The smallest absolute Gasteiger partial charge is 0.249 e. The zero-order valence-electron chi connectivity index (χ0n) is 18.9. The Morgan fingerprint density at radius 1 is 1.12 bits per heavy atom. The average molecular weight is 451 g/mol. The van der Waals surface area contributed by atoms with Gasteiger partial charge in [-0.2, -0.15) is 4.98 Å². The maximum Gasteiger partial charge on any atom is 0.249 e. The van der Waals surface area contributed by atoms with E-state index in [4.69, 9.17) is 4.52 Å². The highest BCUT2D eigenvalue weighted by molar-refractivity contribution is 5.88. The minimum atomic E-state index is -0.618. The van der Waals surface area contributed by atoms with E-state index in [0.29, 0.717) is 30.8 Å². The highest BCUT2D eigenvalue weighted by atomic mass is 19.1. The van der Waals surface area contributed by atoms with E-state index in [-0.39, 0.29) is 29.4 Å². The van der Waals surface area contributed by atoms with Crippen molar-refractivity contribution in [1.82, 2.24) is 20.4 Å². The van der Waals surface area contributed by atoms with Crippen LogP contribution in [-0.4, -0.2) is 32.9 Å². The van der Waals surface area contributed by atoms with Crippen LogP contribution in [0.4, 0.5) is 4.39 Å². The molecule has 4 rings (SSSR count). The minimum Gasteiger partial charge on any atom is -0.343 e. The van der Waals surface area contributed by atoms with Gasteiger partial charge in [-0.1, -0.05) is 43.3 Å². The summed E-state index contributed by atoms with van der Waals surface area (Å²) in [7, 11) is 0. The van der Waals surface area contributed by atoms with Crippen molar-refractivity contribution in [2.24, 2.45) is 5.92 Å². The molecule has 7 nitrogen and oxygen atoms in total. The van der Waals surface area contributed by atoms with E-state index in [1.807, 2.05) is 38.1 Å². The lowest BCUT2D eigenvalue weighted by atomic mass is 9.92. The summed E-state index contributed by atoms with van der Waals surface area (Å²) >= 11 is 0. The third-order valence-electron chi connectivity index (χ3n) is 5.73. The quantitative estimate of drug-likeness (QED) is 0.612. The molecule has 2 aromatic carbocycles. The molecule has 2 atom stereocenters. The van der Waals surface area contributed by atoms with Crippen molar-refractivity contribution < 1.29 is 18.5 Å². The van der Waals surface area contributed by atoms with Crippen LogP contribution in [0.1, 0.15) is 50.3 Å². The van der Waals surface area contributed by atoms with Gasteiger partial charge in [-0.25, -0.2) is 4.39 Å². The van der Waals surface area contributed by atoms with E-state index < -0.39 is 12.1 Å². The zero-order chi connectivity index (χ0) is 23.5. The van der Waals surface area contributed by atoms with Gasteiger partial charge in [-0.15, -0.1) is 0 Å². The van der Waals surface area contributed by atoms with Crippen LogP contribution in [0.3, 0.4) is 0 Å². The Kier molecular flexibility index (Phi) is 6.53. The Balaban J connectivity index is 1.50. The second kappa shape index (κ2) is 9.52. The lowest BCUT2D eigenvalue weighted by Gasteiger charge is -2.36. The van der Waals surface area contributed by atoms with Crippen molar-refractivity contribution >= 4 is 11.8 Å². The van der Waals surface area contributed by atoms with Gasteiger partial charge in [-0.3, -0.25) is 9.59 Å². The highest BCUT2D eigenvalue weighted by Gasteiger charge is 2.35. The summed E-state index contributed by atoms with van der Waals surface area (Å²) in [6.07, 6.45) is 0.829. The van der Waals surface area contributed by atoms with Crippen molar-refractivity contribution in [3.63, 3.8) is 0 Å². The molecule has 0 radical (unpaired) electrons. The number of aromatic nitrogens is 2. The SMILES string of the molecule is CC(C)CC(=O)N1Cc2ccccc2CC1C(=O)NC(C)c1nc(-c2ccc(F)cc2)no1. The summed E-state index contributed by atoms with van der Waals surface area (Å²) in [5.41, 5.74) is 2.74. The fourth-order valence-electron chi connectivity index (χ4n) is 3.98. The van der Waals surface area contributed by atoms with E-state index >= 15 is 0 Å². The lowest BCUT2D eigenvalue weighted by molar-refractivity contribution is -0.142. The Bertz CT molecular complexity index is 1140. The average Bonchev–Trinajstić information content (AvgIpc) is 3.28. The summed E-state index contributed by atoms with van der Waals surface area (Å²) in [6, 6.07) is 12.5. The maximum absolute atomic E-state index is 13.3. The molecule has 0 spiro atoms. The summed E-state index contributed by atoms with van der Waals surface area (Å²) in [6.45, 7) is 6.13. The van der Waals surface area contributed by atoms with Gasteiger partial charge < -0.3 is 14.7 Å². The molecule has 1 aliphatic heterocycles. The molecule has 0 fully saturated rings. The molecule has 0 saturated heterocycles. The number of hydrogen-bond acceptors (Lipinski definition) is 5. The number of benzene rings is 2. The molecule has 1 aliphatic rings. The van der Waals surface area contributed by atoms with Crippen LogP contribution >= 0.6 is 0 Å². The van der Waals surface area contributed by atoms with E-state index in [0.717, 1.165) is 11.1 Å². The molecule has 3 aromatic rings. The van der Waals surface area contributed by atoms with Gasteiger partial charge in [0.2, 0.25) is 23.5 Å². The molecule has 33 heavy (non-hydrogen) atoms. The predicted octanol–water partition coefficient (Wildman–Crippen LogP) is 4.05. The first-order valence-electron chi connectivity index (χ1n) is 11.1. The van der Waals surface area contributed by atoms with Crippen LogP contribution in [-0.2, 0) is 22.6 Å². The molecular weight excluding hydrogens is 423 g/mol. The molecule has 1 N–H and O–H groups in total. The van der Waals surface area contributed by atoms with Gasteiger partial charge in [0, 0.05) is 24.9 Å². The number of carbonyl (C=O) groups excluding carboxylic acids is 2. The van der Waals surface area contributed by atoms with E-state index in [1.165, 1.54) is 12.1 Å².